The summed E-state index contributed by atoms with van der Waals surface area (Å²) >= 11 is 0. The monoisotopic (exact) mass is 371 g/mol. The van der Waals surface area contributed by atoms with Gasteiger partial charge in [-0.25, -0.2) is 0 Å². The number of carbonyl (C=O) groups excluding carboxylic acids is 1. The van der Waals surface area contributed by atoms with Crippen molar-refractivity contribution in [2.24, 2.45) is 40.4 Å². The van der Waals surface area contributed by atoms with Gasteiger partial charge < -0.3 is 10.4 Å². The van der Waals surface area contributed by atoms with Gasteiger partial charge in [0.25, 0.3) is 0 Å². The van der Waals surface area contributed by atoms with Crippen LogP contribution in [0.1, 0.15) is 71.6 Å². The van der Waals surface area contributed by atoms with Gasteiger partial charge in [0.15, 0.2) is 0 Å². The lowest BCUT2D eigenvalue weighted by Gasteiger charge is -2.61. The number of rotatable bonds is 2. The number of allylic oxidation sites excluding steroid dienone is 2. The molecule has 0 amide bonds. The Morgan fingerprint density at radius 1 is 1.11 bits per heavy atom. The molecule has 0 aromatic rings. The van der Waals surface area contributed by atoms with Gasteiger partial charge in [-0.1, -0.05) is 25.5 Å². The zero-order valence-electron chi connectivity index (χ0n) is 17.2. The van der Waals surface area contributed by atoms with Crippen molar-refractivity contribution in [3.05, 3.63) is 11.6 Å². The molecule has 2 N–H and O–H groups in total. The Morgan fingerprint density at radius 2 is 1.93 bits per heavy atom. The Balaban J connectivity index is 1.36. The number of aliphatic hydroxyl groups is 1. The van der Waals surface area contributed by atoms with Crippen LogP contribution in [0.4, 0.5) is 0 Å². The van der Waals surface area contributed by atoms with E-state index in [-0.39, 0.29) is 16.9 Å². The van der Waals surface area contributed by atoms with Gasteiger partial charge >= 0.3 is 0 Å². The fourth-order valence-electron chi connectivity index (χ4n) is 7.95. The minimum Gasteiger partial charge on any atom is -0.393 e. The first-order valence-corrected chi connectivity index (χ1v) is 11.5. The van der Waals surface area contributed by atoms with Crippen LogP contribution in [0.3, 0.4) is 0 Å². The molecule has 1 saturated heterocycles. The zero-order chi connectivity index (χ0) is 18.8. The molecule has 0 spiro atoms. The van der Waals surface area contributed by atoms with Crippen LogP contribution in [0.2, 0.25) is 0 Å². The molecule has 150 valence electrons. The van der Waals surface area contributed by atoms with Gasteiger partial charge in [-0.15, -0.1) is 0 Å². The van der Waals surface area contributed by atoms with Gasteiger partial charge in [-0.3, -0.25) is 4.79 Å². The van der Waals surface area contributed by atoms with Gasteiger partial charge in [0, 0.05) is 11.8 Å². The Kier molecular flexibility index (Phi) is 4.37. The summed E-state index contributed by atoms with van der Waals surface area (Å²) in [5, 5.41) is 14.6. The van der Waals surface area contributed by atoms with Crippen molar-refractivity contribution >= 4 is 5.78 Å². The molecule has 5 fully saturated rings. The van der Waals surface area contributed by atoms with Crippen molar-refractivity contribution in [2.75, 3.05) is 13.1 Å². The molecule has 4 unspecified atom stereocenters. The molecule has 5 aliphatic rings. The summed E-state index contributed by atoms with van der Waals surface area (Å²) in [5.41, 5.74) is 1.80. The standard InChI is InChI=1S/C24H37NO2/c1-23-9-7-15(3-4-16-13-25-14-16)11-20(23)21(26)12-17-18-5-6-22(27)24(18,2)10-8-19(17)23/h3,16-21,25-26H,4-14H2,1-2H3/b15-3+/t17?,18?,19?,20?,21-,23+,24-/m0/s1. The summed E-state index contributed by atoms with van der Waals surface area (Å²) in [4.78, 5) is 12.6. The quantitative estimate of drug-likeness (QED) is 0.718. The lowest BCUT2D eigenvalue weighted by molar-refractivity contribution is -0.155. The van der Waals surface area contributed by atoms with Crippen LogP contribution in [0.5, 0.6) is 0 Å². The molecular weight excluding hydrogens is 334 g/mol. The first kappa shape index (κ1) is 18.4. The SMILES string of the molecule is C[C@]12CC/C(=C\CC3CNC3)CC1[C@@H](O)CC1C2CC[C@]2(C)C(=O)CCC12. The highest BCUT2D eigenvalue weighted by Gasteiger charge is 2.61. The summed E-state index contributed by atoms with van der Waals surface area (Å²) in [6, 6.07) is 0. The van der Waals surface area contributed by atoms with E-state index in [0.29, 0.717) is 29.5 Å². The lowest BCUT2D eigenvalue weighted by Crippen LogP contribution is -2.57. The number of carbonyl (C=O) groups is 1. The maximum atomic E-state index is 12.6. The average molecular weight is 372 g/mol. The van der Waals surface area contributed by atoms with E-state index in [9.17, 15) is 9.90 Å². The smallest absolute Gasteiger partial charge is 0.139 e. The minimum absolute atomic E-state index is 0.0827. The summed E-state index contributed by atoms with van der Waals surface area (Å²) in [5.74, 6) is 3.58. The van der Waals surface area contributed by atoms with E-state index in [1.165, 1.54) is 38.8 Å². The van der Waals surface area contributed by atoms with E-state index >= 15 is 0 Å². The molecule has 5 rings (SSSR count). The summed E-state index contributed by atoms with van der Waals surface area (Å²) in [7, 11) is 0. The number of hydrogen-bond acceptors (Lipinski definition) is 3. The maximum Gasteiger partial charge on any atom is 0.139 e. The third-order valence-electron chi connectivity index (χ3n) is 9.89. The number of fused-ring (bicyclic) bond motifs is 5. The molecule has 1 heterocycles. The van der Waals surface area contributed by atoms with E-state index in [1.54, 1.807) is 5.57 Å². The van der Waals surface area contributed by atoms with Gasteiger partial charge in [0.1, 0.15) is 5.78 Å². The van der Waals surface area contributed by atoms with Crippen molar-refractivity contribution < 1.29 is 9.90 Å². The molecule has 0 radical (unpaired) electrons. The van der Waals surface area contributed by atoms with Gasteiger partial charge in [-0.05, 0) is 99.5 Å². The molecule has 27 heavy (non-hydrogen) atoms. The largest absolute Gasteiger partial charge is 0.393 e. The second-order valence-electron chi connectivity index (χ2n) is 11.0. The first-order valence-electron chi connectivity index (χ1n) is 11.5. The second-order valence-corrected chi connectivity index (χ2v) is 11.0. The van der Waals surface area contributed by atoms with Crippen LogP contribution in [0.15, 0.2) is 11.6 Å². The topological polar surface area (TPSA) is 49.3 Å². The third-order valence-corrected chi connectivity index (χ3v) is 9.89. The van der Waals surface area contributed by atoms with Crippen LogP contribution >= 0.6 is 0 Å². The van der Waals surface area contributed by atoms with E-state index in [0.717, 1.165) is 38.0 Å². The highest BCUT2D eigenvalue weighted by atomic mass is 16.3. The van der Waals surface area contributed by atoms with Crippen molar-refractivity contribution in [3.63, 3.8) is 0 Å². The molecular formula is C24H37NO2. The Labute approximate surface area is 164 Å². The van der Waals surface area contributed by atoms with Crippen molar-refractivity contribution in [1.82, 2.24) is 5.32 Å². The third kappa shape index (κ3) is 2.71. The summed E-state index contributed by atoms with van der Waals surface area (Å²) in [6.07, 6.45) is 12.2. The van der Waals surface area contributed by atoms with Crippen LogP contribution in [0.25, 0.3) is 0 Å². The maximum absolute atomic E-state index is 12.6. The number of nitrogens with one attached hydrogen (secondary N) is 1. The summed E-state index contributed by atoms with van der Waals surface area (Å²) in [6.45, 7) is 7.08. The van der Waals surface area contributed by atoms with Crippen LogP contribution in [-0.4, -0.2) is 30.1 Å². The van der Waals surface area contributed by atoms with Crippen LogP contribution in [-0.2, 0) is 4.79 Å². The predicted octanol–water partition coefficient (Wildman–Crippen LogP) is 4.10. The molecule has 4 saturated carbocycles. The molecule has 7 atom stereocenters. The van der Waals surface area contributed by atoms with Gasteiger partial charge in [0.2, 0.25) is 0 Å². The molecule has 0 aromatic heterocycles. The van der Waals surface area contributed by atoms with Crippen molar-refractivity contribution in [3.8, 4) is 0 Å². The summed E-state index contributed by atoms with van der Waals surface area (Å²) < 4.78 is 0. The van der Waals surface area contributed by atoms with Gasteiger partial charge in [0.05, 0.1) is 6.10 Å². The lowest BCUT2D eigenvalue weighted by atomic mass is 9.44. The minimum atomic E-state index is -0.177. The zero-order valence-corrected chi connectivity index (χ0v) is 17.2. The number of aliphatic hydroxyl groups excluding tert-OH is 1. The molecule has 0 bridgehead atoms. The second kappa shape index (κ2) is 6.42. The van der Waals surface area contributed by atoms with Crippen molar-refractivity contribution in [2.45, 2.75) is 77.7 Å². The molecule has 4 aliphatic carbocycles. The number of hydrogen-bond donors (Lipinski definition) is 2. The Hall–Kier alpha value is -0.670. The molecule has 1 aliphatic heterocycles. The fraction of sp³-hybridized carbons (Fsp3) is 0.875. The Morgan fingerprint density at radius 3 is 2.67 bits per heavy atom. The normalized spacial score (nSPS) is 51.4. The fourth-order valence-corrected chi connectivity index (χ4v) is 7.95. The number of Topliss-reactive ketones (excluding diaryl/α,β-unsaturated/α-hetero) is 1. The van der Waals surface area contributed by atoms with Crippen molar-refractivity contribution in [1.29, 1.82) is 0 Å². The number of ketones is 1. The Bertz CT molecular complexity index is 653. The molecule has 3 nitrogen and oxygen atoms in total. The average Bonchev–Trinajstić information content (AvgIpc) is 2.90. The molecule has 0 aromatic carbocycles. The predicted molar refractivity (Wildman–Crippen MR) is 107 cm³/mol. The highest BCUT2D eigenvalue weighted by molar-refractivity contribution is 5.87. The van der Waals surface area contributed by atoms with Gasteiger partial charge in [-0.2, -0.15) is 0 Å². The molecule has 3 heteroatoms. The first-order chi connectivity index (χ1) is 12.9. The van der Waals surface area contributed by atoms with Crippen LogP contribution < -0.4 is 5.32 Å². The van der Waals surface area contributed by atoms with E-state index < -0.39 is 0 Å². The van der Waals surface area contributed by atoms with E-state index in [1.807, 2.05) is 0 Å². The van der Waals surface area contributed by atoms with Crippen LogP contribution in [0, 0.1) is 40.4 Å². The van der Waals surface area contributed by atoms with E-state index in [2.05, 4.69) is 25.2 Å². The van der Waals surface area contributed by atoms with E-state index in [4.69, 9.17) is 0 Å². The highest BCUT2D eigenvalue weighted by Crippen LogP contribution is 2.65.